The molecule has 0 unspecified atom stereocenters. The maximum atomic E-state index is 12.0. The third-order valence-corrected chi connectivity index (χ3v) is 4.98. The number of hydrogen-bond acceptors (Lipinski definition) is 3. The van der Waals surface area contributed by atoms with Crippen LogP contribution in [-0.2, 0) is 10.0 Å². The summed E-state index contributed by atoms with van der Waals surface area (Å²) in [5.41, 5.74) is 0.356. The van der Waals surface area contributed by atoms with Crippen molar-refractivity contribution in [3.8, 4) is 0 Å². The Morgan fingerprint density at radius 2 is 2.06 bits per heavy atom. The maximum absolute atomic E-state index is 12.0. The second-order valence-corrected chi connectivity index (χ2v) is 6.92. The zero-order chi connectivity index (χ0) is 13.0. The van der Waals surface area contributed by atoms with Gasteiger partial charge in [0.15, 0.2) is 0 Å². The van der Waals surface area contributed by atoms with Gasteiger partial charge in [0.2, 0.25) is 10.0 Å². The predicted octanol–water partition coefficient (Wildman–Crippen LogP) is 3.06. The van der Waals surface area contributed by atoms with Gasteiger partial charge < -0.3 is 0 Å². The van der Waals surface area contributed by atoms with E-state index in [1.807, 2.05) is 0 Å². The molecule has 1 aliphatic carbocycles. The van der Waals surface area contributed by atoms with Gasteiger partial charge in [0, 0.05) is 6.20 Å². The number of anilines is 1. The van der Waals surface area contributed by atoms with E-state index in [9.17, 15) is 8.42 Å². The highest BCUT2D eigenvalue weighted by Gasteiger charge is 2.21. The minimum atomic E-state index is -3.33. The van der Waals surface area contributed by atoms with Crippen molar-refractivity contribution >= 4 is 27.3 Å². The van der Waals surface area contributed by atoms with E-state index in [1.165, 1.54) is 18.8 Å². The molecule has 1 aromatic heterocycles. The van der Waals surface area contributed by atoms with Gasteiger partial charge in [-0.2, -0.15) is 0 Å². The second-order valence-electron chi connectivity index (χ2n) is 4.74. The van der Waals surface area contributed by atoms with Crippen molar-refractivity contribution in [2.24, 2.45) is 5.92 Å². The summed E-state index contributed by atoms with van der Waals surface area (Å²) in [6.45, 7) is 0. The highest BCUT2D eigenvalue weighted by atomic mass is 35.5. The first-order valence-corrected chi connectivity index (χ1v) is 8.20. The van der Waals surface area contributed by atoms with Crippen LogP contribution in [0.15, 0.2) is 18.5 Å². The van der Waals surface area contributed by atoms with Gasteiger partial charge in [0.25, 0.3) is 0 Å². The SMILES string of the molecule is O=S(=O)(CC1CCCCC1)Nc1cnccc1Cl. The van der Waals surface area contributed by atoms with Crippen molar-refractivity contribution in [1.82, 2.24) is 4.98 Å². The van der Waals surface area contributed by atoms with Crippen LogP contribution < -0.4 is 4.72 Å². The zero-order valence-corrected chi connectivity index (χ0v) is 11.7. The van der Waals surface area contributed by atoms with Crippen LogP contribution in [0.2, 0.25) is 5.02 Å². The van der Waals surface area contributed by atoms with Crippen LogP contribution in [0.1, 0.15) is 32.1 Å². The van der Waals surface area contributed by atoms with Crippen LogP contribution >= 0.6 is 11.6 Å². The van der Waals surface area contributed by atoms with Gasteiger partial charge in [0.05, 0.1) is 22.7 Å². The van der Waals surface area contributed by atoms with Gasteiger partial charge in [-0.05, 0) is 24.8 Å². The van der Waals surface area contributed by atoms with E-state index in [-0.39, 0.29) is 11.7 Å². The summed E-state index contributed by atoms with van der Waals surface area (Å²) in [7, 11) is -3.33. The molecule has 0 radical (unpaired) electrons. The number of halogens is 1. The van der Waals surface area contributed by atoms with Gasteiger partial charge in [-0.1, -0.05) is 30.9 Å². The highest BCUT2D eigenvalue weighted by Crippen LogP contribution is 2.26. The van der Waals surface area contributed by atoms with E-state index in [0.29, 0.717) is 10.7 Å². The molecule has 18 heavy (non-hydrogen) atoms. The molecule has 0 spiro atoms. The normalized spacial score (nSPS) is 17.6. The lowest BCUT2D eigenvalue weighted by molar-refractivity contribution is 0.385. The number of aromatic nitrogens is 1. The molecule has 4 nitrogen and oxygen atoms in total. The van der Waals surface area contributed by atoms with Crippen LogP contribution in [0.5, 0.6) is 0 Å². The number of pyridine rings is 1. The molecule has 0 saturated heterocycles. The first-order valence-electron chi connectivity index (χ1n) is 6.17. The van der Waals surface area contributed by atoms with Gasteiger partial charge >= 0.3 is 0 Å². The Balaban J connectivity index is 2.01. The molecule has 0 bridgehead atoms. The summed E-state index contributed by atoms with van der Waals surface area (Å²) in [6, 6.07) is 1.57. The summed E-state index contributed by atoms with van der Waals surface area (Å²) >= 11 is 5.91. The fourth-order valence-corrected chi connectivity index (χ4v) is 4.07. The van der Waals surface area contributed by atoms with Crippen LogP contribution in [0.4, 0.5) is 5.69 Å². The van der Waals surface area contributed by atoms with E-state index >= 15 is 0 Å². The third-order valence-electron chi connectivity index (χ3n) is 3.21. The van der Waals surface area contributed by atoms with E-state index in [1.54, 1.807) is 6.07 Å². The van der Waals surface area contributed by atoms with Crippen LogP contribution in [0.3, 0.4) is 0 Å². The quantitative estimate of drug-likeness (QED) is 0.926. The summed E-state index contributed by atoms with van der Waals surface area (Å²) in [4.78, 5) is 3.87. The molecule has 0 aliphatic heterocycles. The second kappa shape index (κ2) is 5.89. The Morgan fingerprint density at radius 3 is 2.72 bits per heavy atom. The van der Waals surface area contributed by atoms with E-state index in [2.05, 4.69) is 9.71 Å². The molecule has 1 fully saturated rings. The Bertz CT molecular complexity index is 499. The van der Waals surface area contributed by atoms with Crippen molar-refractivity contribution < 1.29 is 8.42 Å². The summed E-state index contributed by atoms with van der Waals surface area (Å²) < 4.78 is 26.6. The average Bonchev–Trinajstić information content (AvgIpc) is 2.32. The summed E-state index contributed by atoms with van der Waals surface area (Å²) in [5.74, 6) is 0.449. The molecule has 6 heteroatoms. The smallest absolute Gasteiger partial charge is 0.233 e. The minimum absolute atomic E-state index is 0.179. The predicted molar refractivity (Wildman–Crippen MR) is 73.2 cm³/mol. The van der Waals surface area contributed by atoms with Crippen molar-refractivity contribution in [3.63, 3.8) is 0 Å². The number of hydrogen-bond donors (Lipinski definition) is 1. The molecule has 0 amide bonds. The van der Waals surface area contributed by atoms with E-state index in [0.717, 1.165) is 25.7 Å². The number of rotatable bonds is 4. The monoisotopic (exact) mass is 288 g/mol. The standard InChI is InChI=1S/C12H17ClN2O2S/c13-11-6-7-14-8-12(11)15-18(16,17)9-10-4-2-1-3-5-10/h6-8,10,15H,1-5,9H2. The summed E-state index contributed by atoms with van der Waals surface area (Å²) in [5, 5.41) is 0.372. The first kappa shape index (κ1) is 13.6. The lowest BCUT2D eigenvalue weighted by Crippen LogP contribution is -2.24. The largest absolute Gasteiger partial charge is 0.280 e. The van der Waals surface area contributed by atoms with Crippen LogP contribution in [0.25, 0.3) is 0 Å². The maximum Gasteiger partial charge on any atom is 0.233 e. The zero-order valence-electron chi connectivity index (χ0n) is 10.1. The van der Waals surface area contributed by atoms with E-state index < -0.39 is 10.0 Å². The fourth-order valence-electron chi connectivity index (χ4n) is 2.33. The molecule has 1 saturated carbocycles. The first-order chi connectivity index (χ1) is 8.57. The minimum Gasteiger partial charge on any atom is -0.280 e. The van der Waals surface area contributed by atoms with Gasteiger partial charge in [0.1, 0.15) is 0 Å². The number of nitrogens with zero attached hydrogens (tertiary/aromatic N) is 1. The molecular formula is C12H17ClN2O2S. The third kappa shape index (κ3) is 3.85. The molecule has 2 rings (SSSR count). The van der Waals surface area contributed by atoms with E-state index in [4.69, 9.17) is 11.6 Å². The Hall–Kier alpha value is -0.810. The Labute approximate surface area is 113 Å². The van der Waals surface area contributed by atoms with Gasteiger partial charge in [-0.3, -0.25) is 9.71 Å². The van der Waals surface area contributed by atoms with Crippen molar-refractivity contribution in [1.29, 1.82) is 0 Å². The highest BCUT2D eigenvalue weighted by molar-refractivity contribution is 7.92. The Kier molecular flexibility index (Phi) is 4.45. The van der Waals surface area contributed by atoms with Gasteiger partial charge in [-0.25, -0.2) is 8.42 Å². The lowest BCUT2D eigenvalue weighted by Gasteiger charge is -2.21. The topological polar surface area (TPSA) is 59.1 Å². The van der Waals surface area contributed by atoms with Crippen molar-refractivity contribution in [3.05, 3.63) is 23.5 Å². The van der Waals surface area contributed by atoms with Crippen molar-refractivity contribution in [2.75, 3.05) is 10.5 Å². The molecule has 0 aromatic carbocycles. The molecule has 1 heterocycles. The molecule has 1 N–H and O–H groups in total. The molecule has 1 aliphatic rings. The number of nitrogens with one attached hydrogen (secondary N) is 1. The van der Waals surface area contributed by atoms with Crippen molar-refractivity contribution in [2.45, 2.75) is 32.1 Å². The molecule has 0 atom stereocenters. The molecular weight excluding hydrogens is 272 g/mol. The molecule has 100 valence electrons. The average molecular weight is 289 g/mol. The molecule has 1 aromatic rings. The summed E-state index contributed by atoms with van der Waals surface area (Å²) in [6.07, 6.45) is 8.45. The lowest BCUT2D eigenvalue weighted by atomic mass is 9.91. The van der Waals surface area contributed by atoms with Crippen LogP contribution in [0, 0.1) is 5.92 Å². The fraction of sp³-hybridized carbons (Fsp3) is 0.583. The van der Waals surface area contributed by atoms with Gasteiger partial charge in [-0.15, -0.1) is 0 Å². The van der Waals surface area contributed by atoms with Crippen LogP contribution in [-0.4, -0.2) is 19.2 Å². The Morgan fingerprint density at radius 1 is 1.33 bits per heavy atom. The number of sulfonamides is 1.